The number of aromatic nitrogens is 3. The van der Waals surface area contributed by atoms with Crippen LogP contribution >= 0.6 is 0 Å². The Bertz CT molecular complexity index is 738. The summed E-state index contributed by atoms with van der Waals surface area (Å²) in [6.07, 6.45) is -0.0876. The molecule has 1 aromatic carbocycles. The van der Waals surface area contributed by atoms with Crippen molar-refractivity contribution in [1.29, 1.82) is 0 Å². The number of benzene rings is 1. The largest absolute Gasteiger partial charge is 0.481 e. The number of aliphatic carboxylic acids is 1. The summed E-state index contributed by atoms with van der Waals surface area (Å²) in [6.45, 7) is 1.56. The highest BCUT2D eigenvalue weighted by molar-refractivity contribution is 5.96. The van der Waals surface area contributed by atoms with Crippen LogP contribution in [-0.2, 0) is 4.79 Å². The maximum Gasteiger partial charge on any atom is 0.318 e. The number of ketones is 1. The molecule has 0 bridgehead atoms. The van der Waals surface area contributed by atoms with Crippen LogP contribution in [0, 0.1) is 4.91 Å². The monoisotopic (exact) mass is 277 g/mol. The fourth-order valence-electron chi connectivity index (χ4n) is 1.67. The van der Waals surface area contributed by atoms with E-state index in [1.54, 1.807) is 12.1 Å². The third-order valence-corrected chi connectivity index (χ3v) is 2.67. The summed E-state index contributed by atoms with van der Waals surface area (Å²) in [4.78, 5) is 37.6. The minimum atomic E-state index is -0.945. The second-order valence-electron chi connectivity index (χ2n) is 4.20. The van der Waals surface area contributed by atoms with Crippen LogP contribution in [0.2, 0.25) is 0 Å². The Morgan fingerprint density at radius 1 is 1.45 bits per heavy atom. The third kappa shape index (κ3) is 2.97. The molecule has 8 nitrogen and oxygen atoms in total. The standard InChI is InChI=1S/C12H12N4O4/c1-7(17)8-2-3-9-10(6-8)16(20)15-12(14-9)13-5-4-11(18)19/h2-3,6H,4-5H2,1H3,(H2-,13,14,15,17,18,19,20)/p+1. The Morgan fingerprint density at radius 3 is 2.85 bits per heavy atom. The lowest BCUT2D eigenvalue weighted by Gasteiger charge is -2.01. The molecule has 0 aliphatic carbocycles. The van der Waals surface area contributed by atoms with Gasteiger partial charge in [0.1, 0.15) is 5.52 Å². The first-order chi connectivity index (χ1) is 9.47. The zero-order chi connectivity index (χ0) is 14.7. The molecule has 0 amide bonds. The number of hydrogen-bond donors (Lipinski definition) is 3. The van der Waals surface area contributed by atoms with Crippen LogP contribution in [0.25, 0.3) is 11.0 Å². The highest BCUT2D eigenvalue weighted by atomic mass is 16.4. The summed E-state index contributed by atoms with van der Waals surface area (Å²) in [7, 11) is 0. The summed E-state index contributed by atoms with van der Waals surface area (Å²) in [5.74, 6) is -0.917. The van der Waals surface area contributed by atoms with Gasteiger partial charge in [-0.1, -0.05) is 5.10 Å². The number of nitrogens with zero attached hydrogens (tertiary/aromatic N) is 2. The number of carboxylic acid groups (broad SMARTS) is 1. The Hall–Kier alpha value is -2.77. The van der Waals surface area contributed by atoms with E-state index in [0.29, 0.717) is 15.6 Å². The van der Waals surface area contributed by atoms with Gasteiger partial charge in [-0.05, 0) is 19.1 Å². The van der Waals surface area contributed by atoms with Crippen molar-refractivity contribution in [2.75, 3.05) is 11.9 Å². The second kappa shape index (κ2) is 5.47. The molecule has 0 saturated carbocycles. The van der Waals surface area contributed by atoms with Gasteiger partial charge < -0.3 is 10.4 Å². The number of carboxylic acids is 1. The van der Waals surface area contributed by atoms with Crippen molar-refractivity contribution in [3.63, 3.8) is 0 Å². The highest BCUT2D eigenvalue weighted by Gasteiger charge is 2.13. The van der Waals surface area contributed by atoms with Gasteiger partial charge in [-0.25, -0.2) is 4.98 Å². The maximum absolute atomic E-state index is 11.8. The summed E-state index contributed by atoms with van der Waals surface area (Å²) >= 11 is 0. The summed E-state index contributed by atoms with van der Waals surface area (Å²) in [5.41, 5.74) is 1.06. The van der Waals surface area contributed by atoms with Crippen LogP contribution in [0.3, 0.4) is 0 Å². The first-order valence-electron chi connectivity index (χ1n) is 5.90. The van der Waals surface area contributed by atoms with E-state index in [1.165, 1.54) is 13.0 Å². The highest BCUT2D eigenvalue weighted by Crippen LogP contribution is 2.11. The third-order valence-electron chi connectivity index (χ3n) is 2.67. The van der Waals surface area contributed by atoms with E-state index in [-0.39, 0.29) is 30.2 Å². The summed E-state index contributed by atoms with van der Waals surface area (Å²) < 4.78 is 0.484. The van der Waals surface area contributed by atoms with Gasteiger partial charge in [0.25, 0.3) is 5.95 Å². The maximum atomic E-state index is 11.8. The molecule has 0 aliphatic rings. The van der Waals surface area contributed by atoms with Gasteiger partial charge in [-0.3, -0.25) is 9.59 Å². The Kier molecular flexibility index (Phi) is 3.74. The van der Waals surface area contributed by atoms with Crippen molar-refractivity contribution in [1.82, 2.24) is 10.1 Å². The molecule has 1 aromatic heterocycles. The van der Waals surface area contributed by atoms with E-state index in [0.717, 1.165) is 0 Å². The number of carbonyl (C=O) groups is 2. The van der Waals surface area contributed by atoms with Crippen LogP contribution in [0.15, 0.2) is 18.2 Å². The van der Waals surface area contributed by atoms with E-state index in [4.69, 9.17) is 5.11 Å². The summed E-state index contributed by atoms with van der Waals surface area (Å²) in [5, 5.41) is 13.7. The van der Waals surface area contributed by atoms with Crippen LogP contribution in [-0.4, -0.2) is 33.5 Å². The number of hydrogen-bond acceptors (Lipinski definition) is 5. The molecule has 104 valence electrons. The van der Waals surface area contributed by atoms with Crippen LogP contribution < -0.4 is 9.86 Å². The summed E-state index contributed by atoms with van der Waals surface area (Å²) in [6, 6.07) is 4.60. The Labute approximate surface area is 113 Å². The first-order valence-corrected chi connectivity index (χ1v) is 5.90. The predicted octanol–water partition coefficient (Wildman–Crippen LogP) is 0.567. The molecule has 0 saturated heterocycles. The van der Waals surface area contributed by atoms with Crippen molar-refractivity contribution in [2.45, 2.75) is 13.3 Å². The average molecular weight is 277 g/mol. The number of rotatable bonds is 5. The fourth-order valence-corrected chi connectivity index (χ4v) is 1.67. The zero-order valence-corrected chi connectivity index (χ0v) is 10.7. The van der Waals surface area contributed by atoms with E-state index >= 15 is 0 Å². The van der Waals surface area contributed by atoms with Gasteiger partial charge in [-0.2, -0.15) is 0 Å². The zero-order valence-electron chi connectivity index (χ0n) is 10.7. The molecule has 1 heterocycles. The van der Waals surface area contributed by atoms with Gasteiger partial charge in [0.05, 0.1) is 11.3 Å². The molecule has 0 aliphatic heterocycles. The van der Waals surface area contributed by atoms with Gasteiger partial charge in [0, 0.05) is 18.2 Å². The molecular weight excluding hydrogens is 264 g/mol. The lowest BCUT2D eigenvalue weighted by atomic mass is 10.1. The first kappa shape index (κ1) is 13.7. The number of carbonyl (C=O) groups excluding carboxylic acids is 1. The molecule has 0 atom stereocenters. The van der Waals surface area contributed by atoms with Crippen molar-refractivity contribution in [3.8, 4) is 0 Å². The Balaban J connectivity index is 2.33. The van der Waals surface area contributed by atoms with Gasteiger partial charge in [-0.15, -0.1) is 0 Å². The minimum Gasteiger partial charge on any atom is -0.481 e. The molecule has 2 rings (SSSR count). The second-order valence-corrected chi connectivity index (χ2v) is 4.20. The Morgan fingerprint density at radius 2 is 2.20 bits per heavy atom. The van der Waals surface area contributed by atoms with E-state index in [1.807, 2.05) is 0 Å². The van der Waals surface area contributed by atoms with Gasteiger partial charge in [0.15, 0.2) is 10.3 Å². The minimum absolute atomic E-state index is 0.0876. The van der Waals surface area contributed by atoms with Crippen molar-refractivity contribution < 1.29 is 19.2 Å². The van der Waals surface area contributed by atoms with Crippen LogP contribution in [0.5, 0.6) is 0 Å². The van der Waals surface area contributed by atoms with E-state index in [9.17, 15) is 14.5 Å². The number of Topliss-reactive ketones (excluding diaryl/α,β-unsaturated/α-hetero) is 1. The number of nitrogens with one attached hydrogen (secondary N) is 2. The van der Waals surface area contributed by atoms with Crippen molar-refractivity contribution in [3.05, 3.63) is 28.7 Å². The number of aromatic amines is 1. The molecule has 8 heteroatoms. The smallest absolute Gasteiger partial charge is 0.318 e. The molecule has 0 radical (unpaired) electrons. The molecule has 20 heavy (non-hydrogen) atoms. The van der Waals surface area contributed by atoms with Crippen molar-refractivity contribution >= 4 is 28.7 Å². The lowest BCUT2D eigenvalue weighted by molar-refractivity contribution is -0.535. The SMILES string of the molecule is CC(=O)c1ccc2nc(NCCC(=O)O)[nH][n+](=O)c2c1. The van der Waals surface area contributed by atoms with Crippen LogP contribution in [0.1, 0.15) is 23.7 Å². The lowest BCUT2D eigenvalue weighted by Crippen LogP contribution is -2.24. The molecule has 2 aromatic rings. The molecule has 0 unspecified atom stereocenters. The molecule has 0 spiro atoms. The van der Waals surface area contributed by atoms with Crippen LogP contribution in [0.4, 0.5) is 5.95 Å². The molecular formula is C12H13N4O4+. The normalized spacial score (nSPS) is 10.4. The number of fused-ring (bicyclic) bond motifs is 1. The topological polar surface area (TPSA) is 118 Å². The van der Waals surface area contributed by atoms with Crippen molar-refractivity contribution in [2.24, 2.45) is 0 Å². The number of H-pyrrole nitrogens is 1. The van der Waals surface area contributed by atoms with E-state index in [2.05, 4.69) is 15.4 Å². The fraction of sp³-hybridized carbons (Fsp3) is 0.250. The van der Waals surface area contributed by atoms with E-state index < -0.39 is 5.97 Å². The van der Waals surface area contributed by atoms with Gasteiger partial charge in [0.2, 0.25) is 0 Å². The number of anilines is 1. The quantitative estimate of drug-likeness (QED) is 0.543. The molecule has 0 fully saturated rings. The average Bonchev–Trinajstić information content (AvgIpc) is 2.37. The van der Waals surface area contributed by atoms with Gasteiger partial charge >= 0.3 is 11.5 Å². The molecule has 3 N–H and O–H groups in total. The predicted molar refractivity (Wildman–Crippen MR) is 70.2 cm³/mol.